The van der Waals surface area contributed by atoms with E-state index < -0.39 is 0 Å². The fraction of sp³-hybridized carbons (Fsp3) is 0.133. The first-order valence-electron chi connectivity index (χ1n) is 6.19. The summed E-state index contributed by atoms with van der Waals surface area (Å²) >= 11 is 0. The Hall–Kier alpha value is -2.69. The highest BCUT2D eigenvalue weighted by atomic mass is 16.5. The number of aryl methyl sites for hydroxylation is 1. The molecule has 20 heavy (non-hydrogen) atoms. The summed E-state index contributed by atoms with van der Waals surface area (Å²) in [5.74, 6) is 0.741. The van der Waals surface area contributed by atoms with Gasteiger partial charge < -0.3 is 4.74 Å². The summed E-state index contributed by atoms with van der Waals surface area (Å²) in [6, 6.07) is 10.9. The van der Waals surface area contributed by atoms with Crippen molar-refractivity contribution in [2.24, 2.45) is 0 Å². The highest BCUT2D eigenvalue weighted by Gasteiger charge is 2.10. The second kappa shape index (κ2) is 4.77. The fourth-order valence-corrected chi connectivity index (χ4v) is 2.11. The van der Waals surface area contributed by atoms with Gasteiger partial charge in [-0.3, -0.25) is 9.36 Å². The van der Waals surface area contributed by atoms with Gasteiger partial charge in [-0.1, -0.05) is 0 Å². The lowest BCUT2D eigenvalue weighted by Gasteiger charge is -2.10. The van der Waals surface area contributed by atoms with Crippen LogP contribution in [0.4, 0.5) is 0 Å². The maximum atomic E-state index is 12.4. The van der Waals surface area contributed by atoms with Gasteiger partial charge in [0.05, 0.1) is 12.8 Å². The molecule has 2 heterocycles. The maximum absolute atomic E-state index is 12.4. The van der Waals surface area contributed by atoms with Gasteiger partial charge in [-0.15, -0.1) is 0 Å². The van der Waals surface area contributed by atoms with Crippen molar-refractivity contribution in [2.75, 3.05) is 7.11 Å². The Kier molecular flexibility index (Phi) is 2.95. The summed E-state index contributed by atoms with van der Waals surface area (Å²) in [7, 11) is 1.61. The van der Waals surface area contributed by atoms with E-state index in [0.717, 1.165) is 11.4 Å². The third kappa shape index (κ3) is 1.93. The SMILES string of the molecule is COc1ccc(-n2c(=O)c(C)nc3cccnc32)cc1. The predicted molar refractivity (Wildman–Crippen MR) is 76.4 cm³/mol. The molecule has 1 aromatic carbocycles. The molecule has 0 fully saturated rings. The molecule has 0 unspecified atom stereocenters. The number of aromatic nitrogens is 3. The Bertz CT molecular complexity index is 823. The molecule has 0 saturated heterocycles. The standard InChI is InChI=1S/C15H13N3O2/c1-10-15(19)18(11-5-7-12(20-2)8-6-11)14-13(17-10)4-3-9-16-14/h3-9H,1-2H3. The van der Waals surface area contributed by atoms with Crippen molar-refractivity contribution in [1.29, 1.82) is 0 Å². The third-order valence-electron chi connectivity index (χ3n) is 3.11. The fourth-order valence-electron chi connectivity index (χ4n) is 2.11. The number of fused-ring (bicyclic) bond motifs is 1. The van der Waals surface area contributed by atoms with Crippen LogP contribution >= 0.6 is 0 Å². The number of benzene rings is 1. The second-order valence-corrected chi connectivity index (χ2v) is 4.38. The minimum Gasteiger partial charge on any atom is -0.497 e. The Morgan fingerprint density at radius 3 is 2.60 bits per heavy atom. The molecular formula is C15H13N3O2. The molecule has 0 aliphatic heterocycles. The van der Waals surface area contributed by atoms with Gasteiger partial charge in [-0.2, -0.15) is 0 Å². The van der Waals surface area contributed by atoms with Crippen molar-refractivity contribution >= 4 is 11.2 Å². The van der Waals surface area contributed by atoms with Crippen LogP contribution in [-0.4, -0.2) is 21.6 Å². The average molecular weight is 267 g/mol. The van der Waals surface area contributed by atoms with Gasteiger partial charge in [0.25, 0.3) is 5.56 Å². The molecule has 0 radical (unpaired) electrons. The predicted octanol–water partition coefficient (Wildman–Crippen LogP) is 2.10. The van der Waals surface area contributed by atoms with E-state index in [0.29, 0.717) is 16.9 Å². The zero-order valence-electron chi connectivity index (χ0n) is 11.2. The molecule has 5 heteroatoms. The number of rotatable bonds is 2. The number of methoxy groups -OCH3 is 1. The van der Waals surface area contributed by atoms with Gasteiger partial charge in [0.1, 0.15) is 17.0 Å². The molecule has 100 valence electrons. The van der Waals surface area contributed by atoms with E-state index in [1.165, 1.54) is 0 Å². The largest absolute Gasteiger partial charge is 0.497 e. The van der Waals surface area contributed by atoms with Gasteiger partial charge in [-0.25, -0.2) is 9.97 Å². The molecule has 0 aliphatic carbocycles. The molecule has 2 aromatic heterocycles. The normalized spacial score (nSPS) is 10.7. The lowest BCUT2D eigenvalue weighted by atomic mass is 10.2. The number of pyridine rings is 1. The van der Waals surface area contributed by atoms with Gasteiger partial charge in [0, 0.05) is 6.20 Å². The first-order chi connectivity index (χ1) is 9.70. The highest BCUT2D eigenvalue weighted by Crippen LogP contribution is 2.17. The summed E-state index contributed by atoms with van der Waals surface area (Å²) in [5, 5.41) is 0. The van der Waals surface area contributed by atoms with Crippen LogP contribution in [0.1, 0.15) is 5.69 Å². The average Bonchev–Trinajstić information content (AvgIpc) is 2.49. The molecule has 0 aliphatic rings. The summed E-state index contributed by atoms with van der Waals surface area (Å²) in [6.45, 7) is 1.70. The smallest absolute Gasteiger partial charge is 0.278 e. The molecule has 0 bridgehead atoms. The van der Waals surface area contributed by atoms with E-state index in [1.807, 2.05) is 30.3 Å². The van der Waals surface area contributed by atoms with Crippen molar-refractivity contribution in [3.05, 3.63) is 58.6 Å². The number of hydrogen-bond donors (Lipinski definition) is 0. The minimum atomic E-state index is -0.165. The van der Waals surface area contributed by atoms with Crippen LogP contribution in [0.2, 0.25) is 0 Å². The molecule has 3 rings (SSSR count). The zero-order valence-corrected chi connectivity index (χ0v) is 11.2. The van der Waals surface area contributed by atoms with Crippen molar-refractivity contribution in [1.82, 2.24) is 14.5 Å². The highest BCUT2D eigenvalue weighted by molar-refractivity contribution is 5.72. The third-order valence-corrected chi connectivity index (χ3v) is 3.11. The van der Waals surface area contributed by atoms with Crippen LogP contribution in [0, 0.1) is 6.92 Å². The topological polar surface area (TPSA) is 57.0 Å². The van der Waals surface area contributed by atoms with Crippen LogP contribution in [0.5, 0.6) is 5.75 Å². The van der Waals surface area contributed by atoms with Crippen LogP contribution in [-0.2, 0) is 0 Å². The Labute approximate surface area is 115 Å². The van der Waals surface area contributed by atoms with Crippen LogP contribution in [0.15, 0.2) is 47.4 Å². The lowest BCUT2D eigenvalue weighted by Crippen LogP contribution is -2.23. The van der Waals surface area contributed by atoms with Crippen molar-refractivity contribution < 1.29 is 4.74 Å². The van der Waals surface area contributed by atoms with E-state index in [4.69, 9.17) is 4.74 Å². The Balaban J connectivity index is 2.33. The van der Waals surface area contributed by atoms with E-state index in [-0.39, 0.29) is 5.56 Å². The Morgan fingerprint density at radius 1 is 1.15 bits per heavy atom. The molecule has 0 N–H and O–H groups in total. The quantitative estimate of drug-likeness (QED) is 0.713. The molecule has 3 aromatic rings. The van der Waals surface area contributed by atoms with E-state index >= 15 is 0 Å². The number of ether oxygens (including phenoxy) is 1. The summed E-state index contributed by atoms with van der Waals surface area (Å²) in [6.07, 6.45) is 1.65. The molecule has 0 amide bonds. The van der Waals surface area contributed by atoms with E-state index in [1.54, 1.807) is 30.9 Å². The van der Waals surface area contributed by atoms with Crippen molar-refractivity contribution in [3.63, 3.8) is 0 Å². The van der Waals surface area contributed by atoms with Crippen LogP contribution in [0.25, 0.3) is 16.9 Å². The molecule has 0 saturated carbocycles. The zero-order chi connectivity index (χ0) is 14.1. The molecule has 5 nitrogen and oxygen atoms in total. The monoisotopic (exact) mass is 267 g/mol. The van der Waals surface area contributed by atoms with Gasteiger partial charge in [-0.05, 0) is 43.3 Å². The van der Waals surface area contributed by atoms with Crippen LogP contribution in [0.3, 0.4) is 0 Å². The summed E-state index contributed by atoms with van der Waals surface area (Å²) in [5.41, 5.74) is 2.27. The van der Waals surface area contributed by atoms with E-state index in [2.05, 4.69) is 9.97 Å². The molecule has 0 atom stereocenters. The second-order valence-electron chi connectivity index (χ2n) is 4.38. The van der Waals surface area contributed by atoms with Gasteiger partial charge in [0.2, 0.25) is 0 Å². The number of nitrogens with zero attached hydrogens (tertiary/aromatic N) is 3. The summed E-state index contributed by atoms with van der Waals surface area (Å²) in [4.78, 5) is 20.9. The first kappa shape index (κ1) is 12.3. The Morgan fingerprint density at radius 2 is 1.90 bits per heavy atom. The molecular weight excluding hydrogens is 254 g/mol. The summed E-state index contributed by atoms with van der Waals surface area (Å²) < 4.78 is 6.70. The maximum Gasteiger partial charge on any atom is 0.278 e. The van der Waals surface area contributed by atoms with E-state index in [9.17, 15) is 4.79 Å². The first-order valence-corrected chi connectivity index (χ1v) is 6.19. The lowest BCUT2D eigenvalue weighted by molar-refractivity contribution is 0.414. The van der Waals surface area contributed by atoms with Crippen LogP contribution < -0.4 is 10.3 Å². The van der Waals surface area contributed by atoms with Gasteiger partial charge >= 0.3 is 0 Å². The molecule has 0 spiro atoms. The van der Waals surface area contributed by atoms with Crippen molar-refractivity contribution in [2.45, 2.75) is 6.92 Å². The van der Waals surface area contributed by atoms with Crippen molar-refractivity contribution in [3.8, 4) is 11.4 Å². The number of hydrogen-bond acceptors (Lipinski definition) is 4. The minimum absolute atomic E-state index is 0.165. The van der Waals surface area contributed by atoms with Gasteiger partial charge in [0.15, 0.2) is 5.65 Å².